The Hall–Kier alpha value is -0.770. The van der Waals surface area contributed by atoms with E-state index in [1.807, 2.05) is 0 Å². The molecular formula is C3H9N3O5. The van der Waals surface area contributed by atoms with Crippen LogP contribution in [0.1, 0.15) is 6.92 Å². The van der Waals surface area contributed by atoms with Gasteiger partial charge in [-0.15, -0.1) is 16.4 Å². The van der Waals surface area contributed by atoms with Gasteiger partial charge in [-0.1, -0.05) is 0 Å². The SMILES string of the molecule is CC(=O)OC(NO)(NO)NO. The minimum atomic E-state index is -2.29. The number of hydrogen-bond acceptors (Lipinski definition) is 8. The van der Waals surface area contributed by atoms with Gasteiger partial charge in [0.15, 0.2) is 0 Å². The highest BCUT2D eigenvalue weighted by Gasteiger charge is 2.31. The second-order valence-corrected chi connectivity index (χ2v) is 1.61. The van der Waals surface area contributed by atoms with Crippen LogP contribution in [0.4, 0.5) is 0 Å². The first-order valence-electron chi connectivity index (χ1n) is 2.53. The zero-order valence-electron chi connectivity index (χ0n) is 5.66. The van der Waals surface area contributed by atoms with Crippen molar-refractivity contribution in [3.8, 4) is 0 Å². The van der Waals surface area contributed by atoms with E-state index in [4.69, 9.17) is 15.6 Å². The summed E-state index contributed by atoms with van der Waals surface area (Å²) in [6.07, 6.45) is 0. The average Bonchev–Trinajstić information content (AvgIpc) is 2.00. The quantitative estimate of drug-likeness (QED) is 0.163. The highest BCUT2D eigenvalue weighted by atomic mass is 16.7. The molecule has 0 aromatic heterocycles. The van der Waals surface area contributed by atoms with Crippen LogP contribution in [0.5, 0.6) is 0 Å². The van der Waals surface area contributed by atoms with Crippen molar-refractivity contribution in [2.45, 2.75) is 12.9 Å². The third-order valence-corrected chi connectivity index (χ3v) is 0.769. The number of hydroxylamine groups is 3. The molecule has 0 bridgehead atoms. The van der Waals surface area contributed by atoms with Crippen LogP contribution >= 0.6 is 0 Å². The van der Waals surface area contributed by atoms with Crippen LogP contribution in [0.3, 0.4) is 0 Å². The van der Waals surface area contributed by atoms with E-state index in [1.54, 1.807) is 0 Å². The van der Waals surface area contributed by atoms with E-state index in [9.17, 15) is 4.79 Å². The van der Waals surface area contributed by atoms with Gasteiger partial charge in [-0.3, -0.25) is 4.79 Å². The first-order valence-corrected chi connectivity index (χ1v) is 2.53. The Balaban J connectivity index is 4.16. The van der Waals surface area contributed by atoms with Gasteiger partial charge in [-0.05, 0) is 0 Å². The summed E-state index contributed by atoms with van der Waals surface area (Å²) in [5, 5.41) is 24.8. The molecule has 0 aromatic carbocycles. The van der Waals surface area contributed by atoms with Crippen molar-refractivity contribution in [1.82, 2.24) is 16.4 Å². The lowest BCUT2D eigenvalue weighted by Crippen LogP contribution is -2.66. The third kappa shape index (κ3) is 2.76. The molecular weight excluding hydrogens is 158 g/mol. The van der Waals surface area contributed by atoms with Crippen LogP contribution in [0.2, 0.25) is 0 Å². The van der Waals surface area contributed by atoms with Crippen LogP contribution in [-0.2, 0) is 9.53 Å². The molecule has 0 aliphatic rings. The van der Waals surface area contributed by atoms with Gasteiger partial charge in [0.05, 0.1) is 0 Å². The Morgan fingerprint density at radius 1 is 1.27 bits per heavy atom. The van der Waals surface area contributed by atoms with Gasteiger partial charge in [0.1, 0.15) is 0 Å². The molecule has 0 amide bonds. The molecule has 0 spiro atoms. The Bertz CT molecular complexity index is 127. The second kappa shape index (κ2) is 4.18. The topological polar surface area (TPSA) is 123 Å². The van der Waals surface area contributed by atoms with E-state index in [2.05, 4.69) is 4.74 Å². The van der Waals surface area contributed by atoms with Crippen LogP contribution in [-0.4, -0.2) is 27.6 Å². The Kier molecular flexibility index (Phi) is 3.89. The average molecular weight is 167 g/mol. The minimum absolute atomic E-state index is 0.838. The first kappa shape index (κ1) is 10.2. The Labute approximate surface area is 61.6 Å². The number of rotatable bonds is 4. The highest BCUT2D eigenvalue weighted by molar-refractivity contribution is 5.66. The number of nitrogens with one attached hydrogen (secondary N) is 3. The fraction of sp³-hybridized carbons (Fsp3) is 0.667. The summed E-state index contributed by atoms with van der Waals surface area (Å²) in [6, 6.07) is 0. The monoisotopic (exact) mass is 167 g/mol. The van der Waals surface area contributed by atoms with Gasteiger partial charge in [0.25, 0.3) is 0 Å². The summed E-state index contributed by atoms with van der Waals surface area (Å²) in [5.41, 5.74) is 3.84. The number of carbonyl (C=O) groups is 1. The molecule has 0 aromatic rings. The molecule has 0 radical (unpaired) electrons. The van der Waals surface area contributed by atoms with Crippen LogP contribution in [0.15, 0.2) is 0 Å². The smallest absolute Gasteiger partial charge is 0.346 e. The fourth-order valence-electron chi connectivity index (χ4n) is 0.359. The van der Waals surface area contributed by atoms with Crippen molar-refractivity contribution in [3.63, 3.8) is 0 Å². The van der Waals surface area contributed by atoms with E-state index in [-0.39, 0.29) is 0 Å². The fourth-order valence-corrected chi connectivity index (χ4v) is 0.359. The number of carbonyl (C=O) groups excluding carboxylic acids is 1. The van der Waals surface area contributed by atoms with Crippen LogP contribution < -0.4 is 16.4 Å². The van der Waals surface area contributed by atoms with Crippen molar-refractivity contribution in [2.24, 2.45) is 0 Å². The van der Waals surface area contributed by atoms with Gasteiger partial charge in [-0.2, -0.15) is 0 Å². The standard InChI is InChI=1S/C3H9N3O5/c1-2(7)11-3(4-8,5-9)6-10/h4-6,8-10H,1H3. The van der Waals surface area contributed by atoms with E-state index in [0.29, 0.717) is 0 Å². The molecule has 8 nitrogen and oxygen atoms in total. The summed E-state index contributed by atoms with van der Waals surface area (Å²) < 4.78 is 4.16. The van der Waals surface area contributed by atoms with Gasteiger partial charge in [-0.25, -0.2) is 0 Å². The molecule has 0 saturated heterocycles. The lowest BCUT2D eigenvalue weighted by atomic mass is 10.7. The molecule has 0 unspecified atom stereocenters. The molecule has 0 fully saturated rings. The van der Waals surface area contributed by atoms with E-state index in [0.717, 1.165) is 6.92 Å². The molecule has 0 saturated carbocycles. The van der Waals surface area contributed by atoms with Crippen molar-refractivity contribution < 1.29 is 25.2 Å². The van der Waals surface area contributed by atoms with Crippen molar-refractivity contribution in [1.29, 1.82) is 0 Å². The summed E-state index contributed by atoms with van der Waals surface area (Å²) in [7, 11) is 0. The number of esters is 1. The largest absolute Gasteiger partial charge is 0.410 e. The molecule has 0 aliphatic carbocycles. The molecule has 66 valence electrons. The normalized spacial score (nSPS) is 11.3. The zero-order chi connectivity index (χ0) is 8.91. The molecule has 6 N–H and O–H groups in total. The molecule has 11 heavy (non-hydrogen) atoms. The summed E-state index contributed by atoms with van der Waals surface area (Å²) in [6.45, 7) is 1.01. The van der Waals surface area contributed by atoms with E-state index >= 15 is 0 Å². The number of hydrogen-bond donors (Lipinski definition) is 6. The maximum Gasteiger partial charge on any atom is 0.346 e. The minimum Gasteiger partial charge on any atom is -0.410 e. The maximum absolute atomic E-state index is 10.3. The van der Waals surface area contributed by atoms with Crippen molar-refractivity contribution in [2.75, 3.05) is 0 Å². The van der Waals surface area contributed by atoms with Gasteiger partial charge < -0.3 is 20.4 Å². The Morgan fingerprint density at radius 2 is 1.64 bits per heavy atom. The summed E-state index contributed by atoms with van der Waals surface area (Å²) in [5.74, 6) is -3.12. The molecule has 0 aliphatic heterocycles. The lowest BCUT2D eigenvalue weighted by molar-refractivity contribution is -0.256. The third-order valence-electron chi connectivity index (χ3n) is 0.769. The summed E-state index contributed by atoms with van der Waals surface area (Å²) >= 11 is 0. The van der Waals surface area contributed by atoms with Crippen LogP contribution in [0.25, 0.3) is 0 Å². The van der Waals surface area contributed by atoms with Crippen molar-refractivity contribution in [3.05, 3.63) is 0 Å². The second-order valence-electron chi connectivity index (χ2n) is 1.61. The van der Waals surface area contributed by atoms with E-state index < -0.39 is 11.9 Å². The van der Waals surface area contributed by atoms with Gasteiger partial charge in [0, 0.05) is 6.92 Å². The predicted octanol–water partition coefficient (Wildman–Crippen LogP) is -1.90. The summed E-state index contributed by atoms with van der Waals surface area (Å²) in [4.78, 5) is 10.3. The van der Waals surface area contributed by atoms with Crippen LogP contribution in [0, 0.1) is 0 Å². The predicted molar refractivity (Wildman–Crippen MR) is 29.3 cm³/mol. The number of ether oxygens (including phenoxy) is 1. The Morgan fingerprint density at radius 3 is 1.73 bits per heavy atom. The van der Waals surface area contributed by atoms with Gasteiger partial charge in [0.2, 0.25) is 0 Å². The molecule has 0 rings (SSSR count). The van der Waals surface area contributed by atoms with E-state index in [1.165, 1.54) is 16.4 Å². The lowest BCUT2D eigenvalue weighted by Gasteiger charge is -2.26. The zero-order valence-corrected chi connectivity index (χ0v) is 5.66. The maximum atomic E-state index is 10.3. The van der Waals surface area contributed by atoms with Crippen molar-refractivity contribution >= 4 is 5.97 Å². The molecule has 0 atom stereocenters. The van der Waals surface area contributed by atoms with Gasteiger partial charge >= 0.3 is 11.9 Å². The molecule has 0 heterocycles. The molecule has 8 heteroatoms. The highest BCUT2D eigenvalue weighted by Crippen LogP contribution is 1.94. The first-order chi connectivity index (χ1) is 5.10.